The number of hydrogen-bond donors (Lipinski definition) is 0. The van der Waals surface area contributed by atoms with Crippen LogP contribution in [0.15, 0.2) is 24.3 Å². The number of nitrogens with zero attached hydrogens (tertiary/aromatic N) is 1. The number of halogens is 2. The van der Waals surface area contributed by atoms with Gasteiger partial charge in [0, 0.05) is 4.88 Å². The van der Waals surface area contributed by atoms with Gasteiger partial charge in [-0.25, -0.2) is 4.98 Å². The van der Waals surface area contributed by atoms with Gasteiger partial charge in [0.25, 0.3) is 0 Å². The van der Waals surface area contributed by atoms with E-state index in [1.165, 1.54) is 41.5 Å². The molecule has 0 saturated heterocycles. The van der Waals surface area contributed by atoms with E-state index in [-0.39, 0.29) is 17.3 Å². The molecular weight excluding hydrogens is 348 g/mol. The number of carbonyl (C=O) groups is 1. The summed E-state index contributed by atoms with van der Waals surface area (Å²) in [5, 5.41) is 0.493. The monoisotopic (exact) mass is 365 g/mol. The summed E-state index contributed by atoms with van der Waals surface area (Å²) in [4.78, 5) is 17.9. The van der Waals surface area contributed by atoms with E-state index in [0.717, 1.165) is 31.4 Å². The number of alkyl halides is 2. The fourth-order valence-corrected chi connectivity index (χ4v) is 3.75. The van der Waals surface area contributed by atoms with E-state index in [1.54, 1.807) is 12.1 Å². The van der Waals surface area contributed by atoms with Crippen LogP contribution in [-0.4, -0.2) is 24.5 Å². The maximum Gasteiger partial charge on any atom is 0.387 e. The Kier molecular flexibility index (Phi) is 5.43. The fraction of sp³-hybridized carbons (Fsp3) is 0.333. The van der Waals surface area contributed by atoms with Gasteiger partial charge in [0.1, 0.15) is 0 Å². The van der Waals surface area contributed by atoms with Crippen LogP contribution in [0.1, 0.15) is 38.8 Å². The second-order valence-corrected chi connectivity index (χ2v) is 6.67. The molecule has 3 rings (SSSR count). The van der Waals surface area contributed by atoms with Crippen molar-refractivity contribution in [1.82, 2.24) is 4.98 Å². The number of carbonyl (C=O) groups excluding carboxylic acids is 1. The first kappa shape index (κ1) is 17.5. The molecule has 1 aliphatic carbocycles. The Bertz CT molecular complexity index is 778. The summed E-state index contributed by atoms with van der Waals surface area (Å²) in [7, 11) is 1.37. The molecule has 0 radical (unpaired) electrons. The third-order valence-corrected chi connectivity index (χ3v) is 5.06. The number of fused-ring (bicyclic) bond motifs is 1. The van der Waals surface area contributed by atoms with E-state index >= 15 is 0 Å². The van der Waals surface area contributed by atoms with Crippen LogP contribution in [0.5, 0.6) is 11.5 Å². The number of benzene rings is 1. The fourth-order valence-electron chi connectivity index (χ4n) is 2.68. The zero-order chi connectivity index (χ0) is 17.8. The first-order valence-corrected chi connectivity index (χ1v) is 8.72. The van der Waals surface area contributed by atoms with Crippen molar-refractivity contribution in [1.29, 1.82) is 0 Å². The van der Waals surface area contributed by atoms with Crippen LogP contribution >= 0.6 is 11.3 Å². The highest BCUT2D eigenvalue weighted by Gasteiger charge is 2.17. The minimum atomic E-state index is -2.92. The van der Waals surface area contributed by atoms with Gasteiger partial charge in [-0.05, 0) is 49.5 Å². The van der Waals surface area contributed by atoms with E-state index in [4.69, 9.17) is 4.74 Å². The molecule has 0 amide bonds. The number of ketones is 1. The van der Waals surface area contributed by atoms with Crippen molar-refractivity contribution in [2.24, 2.45) is 0 Å². The number of allylic oxidation sites excluding steroid dienone is 1. The molecular formula is C18H17F2NO3S. The molecule has 132 valence electrons. The predicted molar refractivity (Wildman–Crippen MR) is 91.7 cm³/mol. The SMILES string of the molecule is COc1cc(C=CC(=O)c2nc3c(s2)CCCC3)ccc1OC(F)F. The van der Waals surface area contributed by atoms with Crippen LogP contribution in [0.25, 0.3) is 6.08 Å². The highest BCUT2D eigenvalue weighted by Crippen LogP contribution is 2.30. The lowest BCUT2D eigenvalue weighted by atomic mass is 10.0. The summed E-state index contributed by atoms with van der Waals surface area (Å²) in [5.74, 6) is -0.0283. The lowest BCUT2D eigenvalue weighted by Crippen LogP contribution is -2.03. The third-order valence-electron chi connectivity index (χ3n) is 3.89. The van der Waals surface area contributed by atoms with E-state index < -0.39 is 6.61 Å². The second-order valence-electron chi connectivity index (χ2n) is 5.58. The number of thiazole rings is 1. The van der Waals surface area contributed by atoms with Crippen molar-refractivity contribution >= 4 is 23.2 Å². The Morgan fingerprint density at radius 3 is 2.80 bits per heavy atom. The predicted octanol–water partition coefficient (Wildman–Crippen LogP) is 4.53. The molecule has 0 atom stereocenters. The van der Waals surface area contributed by atoms with Gasteiger partial charge in [-0.2, -0.15) is 8.78 Å². The first-order chi connectivity index (χ1) is 12.1. The van der Waals surface area contributed by atoms with Crippen LogP contribution in [0.3, 0.4) is 0 Å². The standard InChI is InChI=1S/C18H17F2NO3S/c1-23-15-10-11(7-9-14(15)24-18(19)20)6-8-13(22)17-21-12-4-2-3-5-16(12)25-17/h6-10,18H,2-5H2,1H3. The lowest BCUT2D eigenvalue weighted by Gasteiger charge is -2.10. The summed E-state index contributed by atoms with van der Waals surface area (Å²) in [6.45, 7) is -2.92. The number of rotatable bonds is 6. The van der Waals surface area contributed by atoms with Gasteiger partial charge in [-0.1, -0.05) is 12.1 Å². The van der Waals surface area contributed by atoms with Crippen molar-refractivity contribution in [2.75, 3.05) is 7.11 Å². The quantitative estimate of drug-likeness (QED) is 0.557. The molecule has 0 N–H and O–H groups in total. The van der Waals surface area contributed by atoms with Gasteiger partial charge in [0.05, 0.1) is 12.8 Å². The molecule has 0 bridgehead atoms. The Morgan fingerprint density at radius 1 is 1.28 bits per heavy atom. The number of methoxy groups -OCH3 is 1. The molecule has 0 aliphatic heterocycles. The molecule has 0 unspecified atom stereocenters. The van der Waals surface area contributed by atoms with Gasteiger partial charge >= 0.3 is 6.61 Å². The summed E-state index contributed by atoms with van der Waals surface area (Å²) in [6, 6.07) is 4.50. The van der Waals surface area contributed by atoms with Gasteiger partial charge < -0.3 is 9.47 Å². The van der Waals surface area contributed by atoms with Crippen molar-refractivity contribution in [3.63, 3.8) is 0 Å². The topological polar surface area (TPSA) is 48.4 Å². The van der Waals surface area contributed by atoms with Crippen LogP contribution < -0.4 is 9.47 Å². The van der Waals surface area contributed by atoms with Gasteiger partial charge in [0.15, 0.2) is 16.5 Å². The average Bonchev–Trinajstić information content (AvgIpc) is 3.04. The third kappa shape index (κ3) is 4.22. The molecule has 0 saturated carbocycles. The molecule has 7 heteroatoms. The number of aromatic nitrogens is 1. The normalized spacial score (nSPS) is 13.9. The Labute approximate surface area is 148 Å². The van der Waals surface area contributed by atoms with Crippen molar-refractivity contribution in [3.05, 3.63) is 45.4 Å². The lowest BCUT2D eigenvalue weighted by molar-refractivity contribution is -0.0512. The Hall–Kier alpha value is -2.28. The second kappa shape index (κ2) is 7.74. The zero-order valence-corrected chi connectivity index (χ0v) is 14.4. The van der Waals surface area contributed by atoms with Crippen LogP contribution in [0, 0.1) is 0 Å². The van der Waals surface area contributed by atoms with Crippen LogP contribution in [0.4, 0.5) is 8.78 Å². The van der Waals surface area contributed by atoms with Crippen LogP contribution in [0.2, 0.25) is 0 Å². The van der Waals surface area contributed by atoms with Gasteiger partial charge in [0.2, 0.25) is 5.78 Å². The molecule has 0 spiro atoms. The average molecular weight is 365 g/mol. The molecule has 0 fully saturated rings. The molecule has 1 aromatic heterocycles. The Balaban J connectivity index is 1.74. The zero-order valence-electron chi connectivity index (χ0n) is 13.6. The van der Waals surface area contributed by atoms with Gasteiger partial charge in [-0.3, -0.25) is 4.79 Å². The van der Waals surface area contributed by atoms with Crippen molar-refractivity contribution in [3.8, 4) is 11.5 Å². The summed E-state index contributed by atoms with van der Waals surface area (Å²) in [5.41, 5.74) is 1.69. The molecule has 1 heterocycles. The number of ether oxygens (including phenoxy) is 2. The summed E-state index contributed by atoms with van der Waals surface area (Å²) < 4.78 is 34.1. The molecule has 4 nitrogen and oxygen atoms in total. The maximum absolute atomic E-state index is 12.3. The maximum atomic E-state index is 12.3. The van der Waals surface area contributed by atoms with E-state index in [1.807, 2.05) is 0 Å². The molecule has 2 aromatic rings. The highest BCUT2D eigenvalue weighted by atomic mass is 32.1. The minimum Gasteiger partial charge on any atom is -0.493 e. The Morgan fingerprint density at radius 2 is 2.08 bits per heavy atom. The van der Waals surface area contributed by atoms with Crippen molar-refractivity contribution in [2.45, 2.75) is 32.3 Å². The van der Waals surface area contributed by atoms with Crippen molar-refractivity contribution < 1.29 is 23.0 Å². The van der Waals surface area contributed by atoms with E-state index in [0.29, 0.717) is 10.6 Å². The highest BCUT2D eigenvalue weighted by molar-refractivity contribution is 7.13. The smallest absolute Gasteiger partial charge is 0.387 e. The van der Waals surface area contributed by atoms with E-state index in [2.05, 4.69) is 9.72 Å². The minimum absolute atomic E-state index is 0.0476. The van der Waals surface area contributed by atoms with Gasteiger partial charge in [-0.15, -0.1) is 11.3 Å². The molecule has 25 heavy (non-hydrogen) atoms. The largest absolute Gasteiger partial charge is 0.493 e. The first-order valence-electron chi connectivity index (χ1n) is 7.90. The summed E-state index contributed by atoms with van der Waals surface area (Å²) in [6.07, 6.45) is 7.24. The molecule has 1 aromatic carbocycles. The van der Waals surface area contributed by atoms with E-state index in [9.17, 15) is 13.6 Å². The van der Waals surface area contributed by atoms with Crippen LogP contribution in [-0.2, 0) is 12.8 Å². The summed E-state index contributed by atoms with van der Waals surface area (Å²) >= 11 is 1.46. The molecule has 1 aliphatic rings. The number of hydrogen-bond acceptors (Lipinski definition) is 5. The number of aryl methyl sites for hydroxylation is 2.